The second-order valence-corrected chi connectivity index (χ2v) is 15.0. The van der Waals surface area contributed by atoms with Crippen molar-refractivity contribution < 1.29 is 0 Å². The molecule has 0 rings (SSSR count). The number of rotatable bonds is 38. The van der Waals surface area contributed by atoms with E-state index in [1.165, 1.54) is 225 Å². The molecule has 0 bridgehead atoms. The van der Waals surface area contributed by atoms with Crippen LogP contribution in [0.15, 0.2) is 24.3 Å². The molecule has 1 nitrogen and oxygen atoms in total. The summed E-state index contributed by atoms with van der Waals surface area (Å²) in [7, 11) is 4.44. The highest BCUT2D eigenvalue weighted by molar-refractivity contribution is 4.82. The molecule has 0 amide bonds. The smallest absolute Gasteiger partial charge is 0.00248 e. The third-order valence-electron chi connectivity index (χ3n) is 9.97. The van der Waals surface area contributed by atoms with E-state index in [2.05, 4.69) is 57.1 Å². The van der Waals surface area contributed by atoms with Crippen LogP contribution in [0.2, 0.25) is 0 Å². The van der Waals surface area contributed by atoms with E-state index in [0.717, 1.165) is 5.92 Å². The molecule has 0 radical (unpaired) electrons. The number of unbranched alkanes of at least 4 members (excludes halogenated alkanes) is 26. The maximum atomic E-state index is 2.46. The second-order valence-electron chi connectivity index (χ2n) is 15.0. The summed E-state index contributed by atoms with van der Waals surface area (Å²) in [5, 5.41) is 0. The molecular formula is C44H87N. The van der Waals surface area contributed by atoms with Gasteiger partial charge >= 0.3 is 0 Å². The van der Waals surface area contributed by atoms with E-state index in [-0.39, 0.29) is 0 Å². The van der Waals surface area contributed by atoms with E-state index in [9.17, 15) is 0 Å². The van der Waals surface area contributed by atoms with Crippen molar-refractivity contribution in [3.63, 3.8) is 0 Å². The minimum Gasteiger partial charge on any atom is -0.309 e. The predicted octanol–water partition coefficient (Wildman–Crippen LogP) is 15.6. The SMILES string of the molecule is CCCCCCCC/C=C\CCCCCCCCCC(CCCCCCCC/C=C\CCCCCCCC)CCCCN(C)C. The van der Waals surface area contributed by atoms with Crippen LogP contribution in [0.1, 0.15) is 232 Å². The zero-order chi connectivity index (χ0) is 32.7. The van der Waals surface area contributed by atoms with Gasteiger partial charge in [0.25, 0.3) is 0 Å². The van der Waals surface area contributed by atoms with Crippen LogP contribution in [0.25, 0.3) is 0 Å². The highest BCUT2D eigenvalue weighted by atomic mass is 15.0. The minimum absolute atomic E-state index is 0.993. The molecule has 1 unspecified atom stereocenters. The Hall–Kier alpha value is -0.560. The molecular weight excluding hydrogens is 542 g/mol. The fourth-order valence-corrected chi connectivity index (χ4v) is 6.83. The summed E-state index contributed by atoms with van der Waals surface area (Å²) in [5.41, 5.74) is 0. The molecule has 0 N–H and O–H groups in total. The summed E-state index contributed by atoms with van der Waals surface area (Å²) >= 11 is 0. The average molecular weight is 630 g/mol. The molecule has 0 fully saturated rings. The third kappa shape index (κ3) is 39.5. The Kier molecular flexibility index (Phi) is 39.1. The van der Waals surface area contributed by atoms with Gasteiger partial charge in [0.2, 0.25) is 0 Å². The Morgan fingerprint density at radius 3 is 0.911 bits per heavy atom. The molecule has 0 saturated heterocycles. The van der Waals surface area contributed by atoms with Crippen LogP contribution < -0.4 is 0 Å². The van der Waals surface area contributed by atoms with Crippen LogP contribution in [0.5, 0.6) is 0 Å². The quantitative estimate of drug-likeness (QED) is 0.0485. The van der Waals surface area contributed by atoms with Gasteiger partial charge in [-0.05, 0) is 84.3 Å². The summed E-state index contributed by atoms with van der Waals surface area (Å²) in [6.45, 7) is 5.86. The number of nitrogens with zero attached hydrogens (tertiary/aromatic N) is 1. The van der Waals surface area contributed by atoms with Crippen LogP contribution >= 0.6 is 0 Å². The molecule has 0 spiro atoms. The van der Waals surface area contributed by atoms with Crippen molar-refractivity contribution in [2.75, 3.05) is 20.6 Å². The Morgan fingerprint density at radius 2 is 0.600 bits per heavy atom. The highest BCUT2D eigenvalue weighted by Crippen LogP contribution is 2.24. The lowest BCUT2D eigenvalue weighted by Crippen LogP contribution is -2.13. The van der Waals surface area contributed by atoms with Crippen LogP contribution in [-0.2, 0) is 0 Å². The van der Waals surface area contributed by atoms with Gasteiger partial charge < -0.3 is 4.90 Å². The van der Waals surface area contributed by atoms with Crippen LogP contribution in [-0.4, -0.2) is 25.5 Å². The minimum atomic E-state index is 0.993. The van der Waals surface area contributed by atoms with Crippen LogP contribution in [0.4, 0.5) is 0 Å². The monoisotopic (exact) mass is 630 g/mol. The fraction of sp³-hybridized carbons (Fsp3) is 0.909. The van der Waals surface area contributed by atoms with Crippen LogP contribution in [0.3, 0.4) is 0 Å². The van der Waals surface area contributed by atoms with E-state index >= 15 is 0 Å². The van der Waals surface area contributed by atoms with Crippen molar-refractivity contribution in [1.29, 1.82) is 0 Å². The first-order chi connectivity index (χ1) is 22.2. The normalized spacial score (nSPS) is 12.8. The van der Waals surface area contributed by atoms with E-state index in [0.29, 0.717) is 0 Å². The van der Waals surface area contributed by atoms with Crippen molar-refractivity contribution in [2.24, 2.45) is 5.92 Å². The molecule has 0 aliphatic carbocycles. The van der Waals surface area contributed by atoms with Crippen molar-refractivity contribution in [3.8, 4) is 0 Å². The molecule has 45 heavy (non-hydrogen) atoms. The molecule has 0 saturated carbocycles. The lowest BCUT2D eigenvalue weighted by atomic mass is 9.90. The summed E-state index contributed by atoms with van der Waals surface area (Å²) in [6, 6.07) is 0. The molecule has 0 heterocycles. The third-order valence-corrected chi connectivity index (χ3v) is 9.97. The zero-order valence-corrected chi connectivity index (χ0v) is 32.1. The summed E-state index contributed by atoms with van der Waals surface area (Å²) in [5.74, 6) is 0.993. The van der Waals surface area contributed by atoms with Gasteiger partial charge in [0.05, 0.1) is 0 Å². The predicted molar refractivity (Wildman–Crippen MR) is 209 cm³/mol. The average Bonchev–Trinajstić information content (AvgIpc) is 3.03. The maximum Gasteiger partial charge on any atom is -0.00248 e. The summed E-state index contributed by atoms with van der Waals surface area (Å²) < 4.78 is 0. The van der Waals surface area contributed by atoms with Crippen molar-refractivity contribution >= 4 is 0 Å². The molecule has 1 heteroatoms. The van der Waals surface area contributed by atoms with E-state index in [1.807, 2.05) is 0 Å². The zero-order valence-electron chi connectivity index (χ0n) is 32.1. The van der Waals surface area contributed by atoms with Crippen LogP contribution in [0, 0.1) is 5.92 Å². The van der Waals surface area contributed by atoms with E-state index in [1.54, 1.807) is 0 Å². The second kappa shape index (κ2) is 39.6. The number of hydrogen-bond donors (Lipinski definition) is 0. The first-order valence-electron chi connectivity index (χ1n) is 21.1. The van der Waals surface area contributed by atoms with Gasteiger partial charge in [0.1, 0.15) is 0 Å². The van der Waals surface area contributed by atoms with E-state index in [4.69, 9.17) is 0 Å². The van der Waals surface area contributed by atoms with Gasteiger partial charge in [0.15, 0.2) is 0 Å². The van der Waals surface area contributed by atoms with Gasteiger partial charge in [-0.25, -0.2) is 0 Å². The summed E-state index contributed by atoms with van der Waals surface area (Å²) in [6.07, 6.45) is 58.2. The fourth-order valence-electron chi connectivity index (χ4n) is 6.83. The van der Waals surface area contributed by atoms with Crippen molar-refractivity contribution in [2.45, 2.75) is 232 Å². The number of allylic oxidation sites excluding steroid dienone is 4. The van der Waals surface area contributed by atoms with Gasteiger partial charge in [-0.15, -0.1) is 0 Å². The van der Waals surface area contributed by atoms with Crippen molar-refractivity contribution in [3.05, 3.63) is 24.3 Å². The Balaban J connectivity index is 3.75. The van der Waals surface area contributed by atoms with Gasteiger partial charge in [0, 0.05) is 0 Å². The molecule has 0 aromatic carbocycles. The van der Waals surface area contributed by atoms with Crippen molar-refractivity contribution in [1.82, 2.24) is 4.90 Å². The first kappa shape index (κ1) is 44.4. The maximum absolute atomic E-state index is 2.46. The Labute approximate surface area is 287 Å². The highest BCUT2D eigenvalue weighted by Gasteiger charge is 2.09. The Bertz CT molecular complexity index is 576. The molecule has 0 aromatic rings. The molecule has 1 atom stereocenters. The number of hydrogen-bond acceptors (Lipinski definition) is 1. The van der Waals surface area contributed by atoms with E-state index < -0.39 is 0 Å². The topological polar surface area (TPSA) is 3.24 Å². The van der Waals surface area contributed by atoms with Gasteiger partial charge in [-0.3, -0.25) is 0 Å². The molecule has 0 aromatic heterocycles. The first-order valence-corrected chi connectivity index (χ1v) is 21.1. The lowest BCUT2D eigenvalue weighted by molar-refractivity contribution is 0.344. The van der Waals surface area contributed by atoms with Gasteiger partial charge in [-0.2, -0.15) is 0 Å². The standard InChI is InChI=1S/C44H87N/c1-5-7-9-11-13-15-17-19-21-23-25-27-29-31-33-35-37-41-44(42-38-39-43-45(3)4)40-36-34-32-30-28-26-24-22-20-18-16-14-12-10-8-6-2/h19-22,44H,5-18,23-43H2,1-4H3/b21-19-,22-20-. The largest absolute Gasteiger partial charge is 0.309 e. The molecule has 268 valence electrons. The molecule has 0 aliphatic heterocycles. The Morgan fingerprint density at radius 1 is 0.333 bits per heavy atom. The molecule has 0 aliphatic rings. The lowest BCUT2D eigenvalue weighted by Gasteiger charge is -2.18. The van der Waals surface area contributed by atoms with Gasteiger partial charge in [-0.1, -0.05) is 199 Å². The summed E-state index contributed by atoms with van der Waals surface area (Å²) in [4.78, 5) is 2.35.